The minimum Gasteiger partial charge on any atom is -0.345 e. The van der Waals surface area contributed by atoms with E-state index in [-0.39, 0.29) is 12.3 Å². The molecule has 4 rings (SSSR count). The molecule has 7 heteroatoms. The number of carbonyl (C=O) groups excluding carboxylic acids is 1. The van der Waals surface area contributed by atoms with Gasteiger partial charge < -0.3 is 10.3 Å². The quantitative estimate of drug-likeness (QED) is 0.536. The summed E-state index contributed by atoms with van der Waals surface area (Å²) >= 11 is 7.66. The highest BCUT2D eigenvalue weighted by atomic mass is 35.5. The lowest BCUT2D eigenvalue weighted by molar-refractivity contribution is -0.115. The summed E-state index contributed by atoms with van der Waals surface area (Å²) in [6.07, 6.45) is 4.41. The summed E-state index contributed by atoms with van der Waals surface area (Å²) < 4.78 is 0. The van der Waals surface area contributed by atoms with Gasteiger partial charge in [0.15, 0.2) is 5.13 Å². The number of hydrogen-bond acceptors (Lipinski definition) is 4. The Morgan fingerprint density at radius 2 is 2.08 bits per heavy atom. The Kier molecular flexibility index (Phi) is 4.69. The molecule has 2 aromatic carbocycles. The normalized spacial score (nSPS) is 11.0. The van der Waals surface area contributed by atoms with E-state index in [4.69, 9.17) is 11.6 Å². The molecule has 1 amide bonds. The van der Waals surface area contributed by atoms with Crippen LogP contribution in [0.2, 0.25) is 5.02 Å². The Balaban J connectivity index is 1.40. The minimum absolute atomic E-state index is 0.0949. The second kappa shape index (κ2) is 7.27. The van der Waals surface area contributed by atoms with E-state index in [1.54, 1.807) is 12.5 Å². The van der Waals surface area contributed by atoms with Crippen molar-refractivity contribution in [2.45, 2.75) is 12.8 Å². The first kappa shape index (κ1) is 16.8. The highest BCUT2D eigenvalue weighted by molar-refractivity contribution is 7.15. The number of H-pyrrole nitrogens is 1. The Morgan fingerprint density at radius 3 is 2.96 bits per heavy atom. The van der Waals surface area contributed by atoms with Crippen LogP contribution in [-0.4, -0.2) is 20.9 Å². The van der Waals surface area contributed by atoms with Gasteiger partial charge in [0.1, 0.15) is 0 Å². The van der Waals surface area contributed by atoms with Gasteiger partial charge in [0.25, 0.3) is 0 Å². The van der Waals surface area contributed by atoms with E-state index in [0.717, 1.165) is 32.1 Å². The number of carbonyl (C=O) groups is 1. The lowest BCUT2D eigenvalue weighted by Gasteiger charge is -2.02. The summed E-state index contributed by atoms with van der Waals surface area (Å²) in [5.41, 5.74) is 3.78. The molecule has 0 aliphatic heterocycles. The van der Waals surface area contributed by atoms with Crippen LogP contribution in [0.15, 0.2) is 55.0 Å². The number of hydrogen-bond donors (Lipinski definition) is 2. The minimum atomic E-state index is -0.0949. The molecular weight excluding hydrogens is 368 g/mol. The molecule has 2 aromatic heterocycles. The maximum absolute atomic E-state index is 12.3. The van der Waals surface area contributed by atoms with Crippen molar-refractivity contribution in [3.05, 3.63) is 76.0 Å². The van der Waals surface area contributed by atoms with E-state index >= 15 is 0 Å². The fourth-order valence-corrected chi connectivity index (χ4v) is 3.77. The number of amides is 1. The van der Waals surface area contributed by atoms with Crippen molar-refractivity contribution >= 4 is 45.0 Å². The molecule has 0 aliphatic rings. The van der Waals surface area contributed by atoms with Gasteiger partial charge in [0, 0.05) is 22.5 Å². The third kappa shape index (κ3) is 3.76. The molecule has 2 N–H and O–H groups in total. The van der Waals surface area contributed by atoms with Gasteiger partial charge in [-0.3, -0.25) is 4.79 Å². The van der Waals surface area contributed by atoms with Gasteiger partial charge in [0.05, 0.1) is 23.8 Å². The molecule has 0 atom stereocenters. The number of fused-ring (bicyclic) bond motifs is 1. The fourth-order valence-electron chi connectivity index (χ4n) is 2.72. The monoisotopic (exact) mass is 382 g/mol. The molecule has 0 spiro atoms. The van der Waals surface area contributed by atoms with Gasteiger partial charge in [-0.1, -0.05) is 35.9 Å². The highest BCUT2D eigenvalue weighted by Gasteiger charge is 2.10. The Labute approximate surface area is 159 Å². The molecule has 0 unspecified atom stereocenters. The van der Waals surface area contributed by atoms with E-state index in [0.29, 0.717) is 11.6 Å². The molecule has 0 bridgehead atoms. The van der Waals surface area contributed by atoms with Gasteiger partial charge in [-0.2, -0.15) is 0 Å². The van der Waals surface area contributed by atoms with E-state index < -0.39 is 0 Å². The van der Waals surface area contributed by atoms with Crippen LogP contribution >= 0.6 is 22.9 Å². The van der Waals surface area contributed by atoms with E-state index in [1.165, 1.54) is 11.3 Å². The molecule has 0 fully saturated rings. The van der Waals surface area contributed by atoms with Crippen molar-refractivity contribution < 1.29 is 4.79 Å². The molecule has 2 heterocycles. The first-order chi connectivity index (χ1) is 12.7. The van der Waals surface area contributed by atoms with Crippen LogP contribution in [0, 0.1) is 0 Å². The van der Waals surface area contributed by atoms with Gasteiger partial charge in [-0.15, -0.1) is 11.3 Å². The predicted octanol–water partition coefficient (Wildman–Crippen LogP) is 4.44. The van der Waals surface area contributed by atoms with E-state index in [1.807, 2.05) is 42.5 Å². The Bertz CT molecular complexity index is 1070. The summed E-state index contributed by atoms with van der Waals surface area (Å²) in [7, 11) is 0. The highest BCUT2D eigenvalue weighted by Crippen LogP contribution is 2.24. The number of benzene rings is 2. The molecule has 26 heavy (non-hydrogen) atoms. The molecular formula is C19H15ClN4OS. The summed E-state index contributed by atoms with van der Waals surface area (Å²) in [5, 5.41) is 4.20. The molecule has 5 nitrogen and oxygen atoms in total. The zero-order valence-electron chi connectivity index (χ0n) is 13.7. The third-order valence-electron chi connectivity index (χ3n) is 3.97. The van der Waals surface area contributed by atoms with Crippen LogP contribution in [0.3, 0.4) is 0 Å². The molecule has 0 aliphatic carbocycles. The van der Waals surface area contributed by atoms with Crippen LogP contribution in [0.5, 0.6) is 0 Å². The van der Waals surface area contributed by atoms with Crippen LogP contribution in [0.25, 0.3) is 11.0 Å². The fraction of sp³-hybridized carbons (Fsp3) is 0.105. The third-order valence-corrected chi connectivity index (χ3v) is 5.25. The number of rotatable bonds is 5. The number of aromatic nitrogens is 3. The lowest BCUT2D eigenvalue weighted by Crippen LogP contribution is -2.14. The van der Waals surface area contributed by atoms with Crippen molar-refractivity contribution in [1.29, 1.82) is 0 Å². The number of imidazole rings is 1. The zero-order valence-corrected chi connectivity index (χ0v) is 15.3. The van der Waals surface area contributed by atoms with Gasteiger partial charge in [-0.05, 0) is 29.3 Å². The number of nitrogens with zero attached hydrogens (tertiary/aromatic N) is 2. The molecule has 0 radical (unpaired) electrons. The lowest BCUT2D eigenvalue weighted by atomic mass is 10.1. The van der Waals surface area contributed by atoms with Crippen LogP contribution in [0.1, 0.15) is 16.0 Å². The predicted molar refractivity (Wildman–Crippen MR) is 105 cm³/mol. The average molecular weight is 383 g/mol. The number of anilines is 1. The van der Waals surface area contributed by atoms with Gasteiger partial charge in [-0.25, -0.2) is 9.97 Å². The first-order valence-corrected chi connectivity index (χ1v) is 9.27. The largest absolute Gasteiger partial charge is 0.345 e. The summed E-state index contributed by atoms with van der Waals surface area (Å²) in [6.45, 7) is 0. The van der Waals surface area contributed by atoms with Crippen molar-refractivity contribution in [2.75, 3.05) is 5.32 Å². The van der Waals surface area contributed by atoms with E-state index in [2.05, 4.69) is 20.3 Å². The topological polar surface area (TPSA) is 70.7 Å². The zero-order chi connectivity index (χ0) is 17.9. The summed E-state index contributed by atoms with van der Waals surface area (Å²) in [6, 6.07) is 13.5. The molecule has 4 aromatic rings. The second-order valence-corrected chi connectivity index (χ2v) is 7.40. The maximum Gasteiger partial charge on any atom is 0.230 e. The first-order valence-electron chi connectivity index (χ1n) is 8.07. The SMILES string of the molecule is O=C(Cc1ccc2nc[nH]c2c1)Nc1ncc(Cc2ccccc2Cl)s1. The van der Waals surface area contributed by atoms with Gasteiger partial charge >= 0.3 is 0 Å². The molecule has 0 saturated carbocycles. The standard InChI is InChI=1S/C19H15ClN4OS/c20-15-4-2-1-3-13(15)9-14-10-21-19(26-14)24-18(25)8-12-5-6-16-17(7-12)23-11-22-16/h1-7,10-11H,8-9H2,(H,22,23)(H,21,24,25). The van der Waals surface area contributed by atoms with Crippen LogP contribution in [-0.2, 0) is 17.6 Å². The van der Waals surface area contributed by atoms with Crippen molar-refractivity contribution in [3.63, 3.8) is 0 Å². The smallest absolute Gasteiger partial charge is 0.230 e. The summed E-state index contributed by atoms with van der Waals surface area (Å²) in [5.74, 6) is -0.0949. The number of halogens is 1. The Hall–Kier alpha value is -2.70. The van der Waals surface area contributed by atoms with Crippen LogP contribution in [0.4, 0.5) is 5.13 Å². The van der Waals surface area contributed by atoms with Crippen LogP contribution < -0.4 is 5.32 Å². The Morgan fingerprint density at radius 1 is 1.19 bits per heavy atom. The van der Waals surface area contributed by atoms with Crippen molar-refractivity contribution in [2.24, 2.45) is 0 Å². The van der Waals surface area contributed by atoms with Gasteiger partial charge in [0.2, 0.25) is 5.91 Å². The molecule has 130 valence electrons. The second-order valence-electron chi connectivity index (χ2n) is 5.88. The number of nitrogens with one attached hydrogen (secondary N) is 2. The number of thiazole rings is 1. The maximum atomic E-state index is 12.3. The van der Waals surface area contributed by atoms with Crippen molar-refractivity contribution in [1.82, 2.24) is 15.0 Å². The summed E-state index contributed by atoms with van der Waals surface area (Å²) in [4.78, 5) is 24.9. The van der Waals surface area contributed by atoms with E-state index in [9.17, 15) is 4.79 Å². The van der Waals surface area contributed by atoms with Crippen molar-refractivity contribution in [3.8, 4) is 0 Å². The molecule has 0 saturated heterocycles. The average Bonchev–Trinajstić information content (AvgIpc) is 3.25. The number of aromatic amines is 1.